The summed E-state index contributed by atoms with van der Waals surface area (Å²) in [6, 6.07) is 1.54. The Bertz CT molecular complexity index is 448. The average molecular weight is 209 g/mol. The van der Waals surface area contributed by atoms with Crippen molar-refractivity contribution in [3.8, 4) is 11.6 Å². The van der Waals surface area contributed by atoms with E-state index in [0.29, 0.717) is 5.69 Å². The van der Waals surface area contributed by atoms with Gasteiger partial charge in [0.05, 0.1) is 6.61 Å². The standard InChI is InChI=1S/C8H7N3O4/c1-2-13-8(12)6-9-7(15-11-6)5-3-4-14-10-5/h3-4H,2H2,1H3. The molecule has 0 N–H and O–H groups in total. The van der Waals surface area contributed by atoms with Gasteiger partial charge < -0.3 is 13.8 Å². The van der Waals surface area contributed by atoms with Gasteiger partial charge in [-0.2, -0.15) is 4.98 Å². The molecule has 78 valence electrons. The molecule has 0 aliphatic carbocycles. The number of esters is 1. The highest BCUT2D eigenvalue weighted by Crippen LogP contribution is 2.13. The number of hydrogen-bond donors (Lipinski definition) is 0. The summed E-state index contributed by atoms with van der Waals surface area (Å²) in [4.78, 5) is 15.0. The van der Waals surface area contributed by atoms with Crippen LogP contribution < -0.4 is 0 Å². The second-order valence-electron chi connectivity index (χ2n) is 2.53. The monoisotopic (exact) mass is 209 g/mol. The lowest BCUT2D eigenvalue weighted by atomic mass is 10.4. The number of ether oxygens (including phenoxy) is 1. The van der Waals surface area contributed by atoms with Crippen molar-refractivity contribution in [2.45, 2.75) is 6.92 Å². The van der Waals surface area contributed by atoms with Gasteiger partial charge in [0, 0.05) is 6.07 Å². The Morgan fingerprint density at radius 2 is 2.40 bits per heavy atom. The van der Waals surface area contributed by atoms with Crippen LogP contribution >= 0.6 is 0 Å². The number of nitrogens with zero attached hydrogens (tertiary/aromatic N) is 3. The van der Waals surface area contributed by atoms with Gasteiger partial charge in [-0.15, -0.1) is 0 Å². The predicted octanol–water partition coefficient (Wildman–Crippen LogP) is 0.901. The van der Waals surface area contributed by atoms with Gasteiger partial charge in [0.15, 0.2) is 5.69 Å². The number of aromatic nitrogens is 3. The minimum atomic E-state index is -0.629. The molecule has 2 heterocycles. The average Bonchev–Trinajstić information content (AvgIpc) is 2.89. The molecule has 2 rings (SSSR count). The van der Waals surface area contributed by atoms with Crippen LogP contribution in [0.1, 0.15) is 17.5 Å². The summed E-state index contributed by atoms with van der Waals surface area (Å²) < 4.78 is 14.1. The van der Waals surface area contributed by atoms with Crippen LogP contribution in [0.25, 0.3) is 11.6 Å². The topological polar surface area (TPSA) is 91.2 Å². The van der Waals surface area contributed by atoms with Crippen molar-refractivity contribution < 1.29 is 18.6 Å². The SMILES string of the molecule is CCOC(=O)c1noc(-c2ccon2)n1. The quantitative estimate of drug-likeness (QED) is 0.693. The van der Waals surface area contributed by atoms with Gasteiger partial charge in [-0.05, 0) is 12.1 Å². The third-order valence-corrected chi connectivity index (χ3v) is 1.54. The maximum Gasteiger partial charge on any atom is 0.379 e. The normalized spacial score (nSPS) is 10.2. The molecular formula is C8H7N3O4. The third kappa shape index (κ3) is 1.85. The fraction of sp³-hybridized carbons (Fsp3) is 0.250. The van der Waals surface area contributed by atoms with Crippen molar-refractivity contribution in [3.63, 3.8) is 0 Å². The summed E-state index contributed by atoms with van der Waals surface area (Å²) in [5.74, 6) is -0.641. The zero-order chi connectivity index (χ0) is 10.7. The molecule has 0 atom stereocenters. The first-order valence-electron chi connectivity index (χ1n) is 4.23. The van der Waals surface area contributed by atoms with E-state index in [4.69, 9.17) is 9.26 Å². The van der Waals surface area contributed by atoms with Crippen LogP contribution in [0.4, 0.5) is 0 Å². The van der Waals surface area contributed by atoms with E-state index in [9.17, 15) is 4.79 Å². The lowest BCUT2D eigenvalue weighted by molar-refractivity contribution is 0.0508. The first kappa shape index (κ1) is 9.38. The number of carbonyl (C=O) groups is 1. The fourth-order valence-electron chi connectivity index (χ4n) is 0.929. The van der Waals surface area contributed by atoms with E-state index in [1.165, 1.54) is 6.26 Å². The number of rotatable bonds is 3. The minimum Gasteiger partial charge on any atom is -0.460 e. The highest BCUT2D eigenvalue weighted by Gasteiger charge is 2.17. The van der Waals surface area contributed by atoms with Crippen LogP contribution in [-0.4, -0.2) is 27.9 Å². The van der Waals surface area contributed by atoms with Gasteiger partial charge in [-0.1, -0.05) is 5.16 Å². The highest BCUT2D eigenvalue weighted by molar-refractivity contribution is 5.85. The Hall–Kier alpha value is -2.18. The van der Waals surface area contributed by atoms with Crippen molar-refractivity contribution in [1.82, 2.24) is 15.3 Å². The Labute approximate surface area is 84.0 Å². The van der Waals surface area contributed by atoms with Crippen molar-refractivity contribution in [2.24, 2.45) is 0 Å². The van der Waals surface area contributed by atoms with Crippen molar-refractivity contribution in [1.29, 1.82) is 0 Å². The lowest BCUT2D eigenvalue weighted by Gasteiger charge is -1.93. The second-order valence-corrected chi connectivity index (χ2v) is 2.53. The molecule has 0 radical (unpaired) electrons. The van der Waals surface area contributed by atoms with E-state index in [0.717, 1.165) is 0 Å². The number of hydrogen-bond acceptors (Lipinski definition) is 7. The van der Waals surface area contributed by atoms with Crippen LogP contribution in [0.15, 0.2) is 21.4 Å². The van der Waals surface area contributed by atoms with Crippen molar-refractivity contribution in [2.75, 3.05) is 6.61 Å². The maximum atomic E-state index is 11.2. The zero-order valence-corrected chi connectivity index (χ0v) is 7.84. The maximum absolute atomic E-state index is 11.2. The lowest BCUT2D eigenvalue weighted by Crippen LogP contribution is -2.06. The van der Waals surface area contributed by atoms with E-state index in [2.05, 4.69) is 19.8 Å². The van der Waals surface area contributed by atoms with Crippen LogP contribution in [0, 0.1) is 0 Å². The number of carbonyl (C=O) groups excluding carboxylic acids is 1. The summed E-state index contributed by atoms with van der Waals surface area (Å²) >= 11 is 0. The molecule has 0 aliphatic heterocycles. The summed E-state index contributed by atoms with van der Waals surface area (Å²) in [6.07, 6.45) is 1.36. The molecule has 2 aromatic rings. The van der Waals surface area contributed by atoms with Gasteiger partial charge in [0.1, 0.15) is 6.26 Å². The van der Waals surface area contributed by atoms with Gasteiger partial charge in [0.25, 0.3) is 11.7 Å². The molecule has 0 fully saturated rings. The van der Waals surface area contributed by atoms with Crippen molar-refractivity contribution in [3.05, 3.63) is 18.2 Å². The fourth-order valence-corrected chi connectivity index (χ4v) is 0.929. The Kier molecular flexibility index (Phi) is 2.44. The molecule has 0 unspecified atom stereocenters. The van der Waals surface area contributed by atoms with E-state index in [1.807, 2.05) is 0 Å². The van der Waals surface area contributed by atoms with Gasteiger partial charge in [0.2, 0.25) is 0 Å². The smallest absolute Gasteiger partial charge is 0.379 e. The molecule has 0 saturated carbocycles. The summed E-state index contributed by atoms with van der Waals surface area (Å²) in [5.41, 5.74) is 0.373. The molecule has 0 spiro atoms. The van der Waals surface area contributed by atoms with Gasteiger partial charge in [-0.25, -0.2) is 4.79 Å². The van der Waals surface area contributed by atoms with Crippen LogP contribution in [0.2, 0.25) is 0 Å². The van der Waals surface area contributed by atoms with E-state index < -0.39 is 5.97 Å². The summed E-state index contributed by atoms with van der Waals surface area (Å²) in [5, 5.41) is 7.03. The Morgan fingerprint density at radius 3 is 3.07 bits per heavy atom. The first-order chi connectivity index (χ1) is 7.31. The Balaban J connectivity index is 2.21. The molecule has 0 saturated heterocycles. The summed E-state index contributed by atoms with van der Waals surface area (Å²) in [6.45, 7) is 1.95. The van der Waals surface area contributed by atoms with Crippen LogP contribution in [0.3, 0.4) is 0 Å². The second kappa shape index (κ2) is 3.91. The highest BCUT2D eigenvalue weighted by atomic mass is 16.5. The van der Waals surface area contributed by atoms with Crippen LogP contribution in [-0.2, 0) is 4.74 Å². The van der Waals surface area contributed by atoms with E-state index in [-0.39, 0.29) is 18.3 Å². The van der Waals surface area contributed by atoms with E-state index in [1.54, 1.807) is 13.0 Å². The van der Waals surface area contributed by atoms with Crippen LogP contribution in [0.5, 0.6) is 0 Å². The molecular weight excluding hydrogens is 202 g/mol. The molecule has 7 heteroatoms. The van der Waals surface area contributed by atoms with Crippen molar-refractivity contribution >= 4 is 5.97 Å². The molecule has 0 aromatic carbocycles. The molecule has 0 aliphatic rings. The molecule has 7 nitrogen and oxygen atoms in total. The molecule has 0 amide bonds. The minimum absolute atomic E-state index is 0.117. The zero-order valence-electron chi connectivity index (χ0n) is 7.84. The molecule has 0 bridgehead atoms. The van der Waals surface area contributed by atoms with E-state index >= 15 is 0 Å². The predicted molar refractivity (Wildman–Crippen MR) is 45.8 cm³/mol. The first-order valence-corrected chi connectivity index (χ1v) is 4.23. The summed E-state index contributed by atoms with van der Waals surface area (Å²) in [7, 11) is 0. The third-order valence-electron chi connectivity index (χ3n) is 1.54. The molecule has 2 aromatic heterocycles. The van der Waals surface area contributed by atoms with Gasteiger partial charge in [-0.3, -0.25) is 0 Å². The molecule has 15 heavy (non-hydrogen) atoms. The largest absolute Gasteiger partial charge is 0.460 e. The van der Waals surface area contributed by atoms with Gasteiger partial charge >= 0.3 is 5.97 Å². The Morgan fingerprint density at radius 1 is 1.53 bits per heavy atom.